The third-order valence-corrected chi connectivity index (χ3v) is 10.4. The molecule has 0 saturated carbocycles. The van der Waals surface area contributed by atoms with Gasteiger partial charge < -0.3 is 19.6 Å². The summed E-state index contributed by atoms with van der Waals surface area (Å²) in [7, 11) is 0. The lowest BCUT2D eigenvalue weighted by atomic mass is 9.74. The zero-order valence-electron chi connectivity index (χ0n) is 22.4. The summed E-state index contributed by atoms with van der Waals surface area (Å²) in [6, 6.07) is 8.30. The van der Waals surface area contributed by atoms with E-state index in [2.05, 4.69) is 13.8 Å². The van der Waals surface area contributed by atoms with Crippen molar-refractivity contribution in [2.75, 3.05) is 19.8 Å². The molecule has 2 unspecified atom stereocenters. The number of aliphatic hydroxyl groups is 1. The highest BCUT2D eigenvalue weighted by atomic mass is 32.2. The average Bonchev–Trinajstić information content (AvgIpc) is 3.22. The van der Waals surface area contributed by atoms with Gasteiger partial charge in [-0.2, -0.15) is 0 Å². The summed E-state index contributed by atoms with van der Waals surface area (Å²) < 4.78 is 3.99. The van der Waals surface area contributed by atoms with Crippen LogP contribution in [0, 0.1) is 11.8 Å². The second-order valence-electron chi connectivity index (χ2n) is 11.2. The number of cyclic esters (lactones) is 1. The van der Waals surface area contributed by atoms with Gasteiger partial charge in [0, 0.05) is 17.3 Å². The Morgan fingerprint density at radius 3 is 2.58 bits per heavy atom. The smallest absolute Gasteiger partial charge is 0.311 e. The van der Waals surface area contributed by atoms with Crippen molar-refractivity contribution in [1.82, 2.24) is 9.80 Å². The van der Waals surface area contributed by atoms with Gasteiger partial charge in [0.2, 0.25) is 11.8 Å². The lowest BCUT2D eigenvalue weighted by Gasteiger charge is -2.41. The van der Waals surface area contributed by atoms with Crippen LogP contribution in [0.1, 0.15) is 45.6 Å². The number of thioether (sulfide) groups is 1. The largest absolute Gasteiger partial charge is 0.465 e. The Kier molecular flexibility index (Phi) is 7.48. The number of amides is 2. The molecule has 4 heterocycles. The molecule has 2 amide bonds. The summed E-state index contributed by atoms with van der Waals surface area (Å²) >= 11 is 1.55. The topological polar surface area (TPSA) is 87.2 Å². The molecule has 8 heteroatoms. The SMILES string of the molecule is CCCC(C)N1CC=C[C@]23S[C@@]4(C)C=CCCOC(=O)[C@H]4[C@H]2C(=O)N([C@@H](CO)Cc2ccccc2)C3C1=O. The fourth-order valence-corrected chi connectivity index (χ4v) is 9.08. The number of ether oxygens (including phenoxy) is 1. The lowest BCUT2D eigenvalue weighted by molar-refractivity contribution is -0.154. The minimum Gasteiger partial charge on any atom is -0.465 e. The predicted molar refractivity (Wildman–Crippen MR) is 147 cm³/mol. The van der Waals surface area contributed by atoms with E-state index in [0.29, 0.717) is 19.4 Å². The van der Waals surface area contributed by atoms with Gasteiger partial charge in [-0.05, 0) is 38.7 Å². The highest BCUT2D eigenvalue weighted by molar-refractivity contribution is 8.02. The van der Waals surface area contributed by atoms with Gasteiger partial charge in [-0.1, -0.05) is 68.0 Å². The van der Waals surface area contributed by atoms with Crippen LogP contribution in [-0.2, 0) is 25.5 Å². The Hall–Kier alpha value is -2.58. The zero-order chi connectivity index (χ0) is 27.1. The normalized spacial score (nSPS) is 34.1. The van der Waals surface area contributed by atoms with E-state index >= 15 is 0 Å². The zero-order valence-corrected chi connectivity index (χ0v) is 23.2. The maximum Gasteiger partial charge on any atom is 0.311 e. The Bertz CT molecular complexity index is 1140. The van der Waals surface area contributed by atoms with Crippen LogP contribution in [0.4, 0.5) is 0 Å². The lowest BCUT2D eigenvalue weighted by Crippen LogP contribution is -2.58. The van der Waals surface area contributed by atoms with Crippen molar-refractivity contribution in [3.8, 4) is 0 Å². The summed E-state index contributed by atoms with van der Waals surface area (Å²) in [5.41, 5.74) is 0.976. The van der Waals surface area contributed by atoms with Crippen molar-refractivity contribution in [2.45, 2.75) is 74.1 Å². The first-order valence-electron chi connectivity index (χ1n) is 13.8. The molecular formula is C30H38N2O5S. The fraction of sp³-hybridized carbons (Fsp3) is 0.567. The second kappa shape index (κ2) is 10.5. The number of aliphatic hydroxyl groups excluding tert-OH is 1. The van der Waals surface area contributed by atoms with Crippen molar-refractivity contribution in [1.29, 1.82) is 0 Å². The van der Waals surface area contributed by atoms with Gasteiger partial charge in [-0.25, -0.2) is 0 Å². The highest BCUT2D eigenvalue weighted by Crippen LogP contribution is 2.65. The fourth-order valence-electron chi connectivity index (χ4n) is 6.95. The van der Waals surface area contributed by atoms with Crippen molar-refractivity contribution >= 4 is 29.5 Å². The second-order valence-corrected chi connectivity index (χ2v) is 12.9. The summed E-state index contributed by atoms with van der Waals surface area (Å²) in [4.78, 5) is 46.0. The Morgan fingerprint density at radius 1 is 1.11 bits per heavy atom. The van der Waals surface area contributed by atoms with Crippen molar-refractivity contribution in [2.24, 2.45) is 11.8 Å². The highest BCUT2D eigenvalue weighted by Gasteiger charge is 2.74. The van der Waals surface area contributed by atoms with E-state index in [-0.39, 0.29) is 37.0 Å². The molecule has 1 aromatic rings. The maximum absolute atomic E-state index is 14.5. The first kappa shape index (κ1) is 27.0. The van der Waals surface area contributed by atoms with Gasteiger partial charge in [0.1, 0.15) is 6.04 Å². The third kappa shape index (κ3) is 4.30. The third-order valence-electron chi connectivity index (χ3n) is 8.65. The molecule has 1 N–H and O–H groups in total. The van der Waals surface area contributed by atoms with Gasteiger partial charge >= 0.3 is 5.97 Å². The van der Waals surface area contributed by atoms with Crippen molar-refractivity contribution in [3.05, 3.63) is 60.2 Å². The minimum atomic E-state index is -0.938. The van der Waals surface area contributed by atoms with E-state index in [1.165, 1.54) is 0 Å². The number of rotatable bonds is 7. The van der Waals surface area contributed by atoms with Crippen LogP contribution in [0.15, 0.2) is 54.6 Å². The Balaban J connectivity index is 1.64. The molecule has 7 atom stereocenters. The summed E-state index contributed by atoms with van der Waals surface area (Å²) in [6.07, 6.45) is 10.9. The van der Waals surface area contributed by atoms with Crippen LogP contribution in [0.25, 0.3) is 0 Å². The molecular weight excluding hydrogens is 500 g/mol. The summed E-state index contributed by atoms with van der Waals surface area (Å²) in [6.45, 7) is 6.59. The maximum atomic E-state index is 14.5. The molecule has 38 heavy (non-hydrogen) atoms. The van der Waals surface area contributed by atoms with Gasteiger partial charge in [-0.3, -0.25) is 14.4 Å². The van der Waals surface area contributed by atoms with Crippen LogP contribution in [0.3, 0.4) is 0 Å². The van der Waals surface area contributed by atoms with Gasteiger partial charge in [-0.15, -0.1) is 11.8 Å². The quantitative estimate of drug-likeness (QED) is 0.423. The number of hydrogen-bond donors (Lipinski definition) is 1. The number of benzene rings is 1. The summed E-state index contributed by atoms with van der Waals surface area (Å²) in [5, 5.41) is 10.6. The molecule has 0 aliphatic carbocycles. The average molecular weight is 539 g/mol. The molecule has 0 bridgehead atoms. The van der Waals surface area contributed by atoms with Crippen LogP contribution < -0.4 is 0 Å². The first-order valence-corrected chi connectivity index (χ1v) is 14.6. The van der Waals surface area contributed by atoms with Gasteiger partial charge in [0.15, 0.2) is 0 Å². The van der Waals surface area contributed by atoms with E-state index in [0.717, 1.165) is 18.4 Å². The molecule has 0 aromatic heterocycles. The number of carbonyl (C=O) groups is 3. The Labute approximate surface area is 229 Å². The molecule has 0 radical (unpaired) electrons. The van der Waals surface area contributed by atoms with Crippen LogP contribution in [0.2, 0.25) is 0 Å². The molecule has 7 nitrogen and oxygen atoms in total. The molecule has 1 spiro atoms. The number of hydrogen-bond acceptors (Lipinski definition) is 6. The number of fused-ring (bicyclic) bond motifs is 2. The number of esters is 1. The van der Waals surface area contributed by atoms with E-state index in [4.69, 9.17) is 4.74 Å². The van der Waals surface area contributed by atoms with Crippen LogP contribution in [-0.4, -0.2) is 80.1 Å². The van der Waals surface area contributed by atoms with E-state index in [1.807, 2.05) is 66.5 Å². The molecule has 5 rings (SSSR count). The van der Waals surface area contributed by atoms with Gasteiger partial charge in [0.05, 0.1) is 35.8 Å². The monoisotopic (exact) mass is 538 g/mol. The molecule has 2 fully saturated rings. The molecule has 4 aliphatic heterocycles. The number of nitrogens with zero attached hydrogens (tertiary/aromatic N) is 2. The molecule has 4 aliphatic rings. The standard InChI is InChI=1S/C30H38N2O5S/c1-4-11-20(2)31-16-10-15-30-23(24-28(36)37-17-9-8-14-29(24,3)38-30)26(34)32(25(30)27(31)35)22(19-33)18-21-12-6-5-7-13-21/h5-8,10,12-15,20,22-25,33H,4,9,11,16-19H2,1-3H3/t20?,22-,23+,24-,25?,29+,30+/m1/s1. The van der Waals surface area contributed by atoms with Gasteiger partial charge in [0.25, 0.3) is 0 Å². The van der Waals surface area contributed by atoms with Crippen molar-refractivity contribution in [3.63, 3.8) is 0 Å². The van der Waals surface area contributed by atoms with E-state index in [1.54, 1.807) is 16.7 Å². The van der Waals surface area contributed by atoms with Crippen LogP contribution >= 0.6 is 11.8 Å². The summed E-state index contributed by atoms with van der Waals surface area (Å²) in [5.74, 6) is -2.23. The molecule has 2 saturated heterocycles. The van der Waals surface area contributed by atoms with E-state index in [9.17, 15) is 19.5 Å². The van der Waals surface area contributed by atoms with E-state index < -0.39 is 33.4 Å². The predicted octanol–water partition coefficient (Wildman–Crippen LogP) is 3.37. The first-order chi connectivity index (χ1) is 18.3. The molecule has 1 aromatic carbocycles. The minimum absolute atomic E-state index is 0.00512. The van der Waals surface area contributed by atoms with Crippen LogP contribution in [0.5, 0.6) is 0 Å². The Morgan fingerprint density at radius 2 is 1.87 bits per heavy atom. The van der Waals surface area contributed by atoms with Crippen molar-refractivity contribution < 1.29 is 24.2 Å². The number of likely N-dealkylation sites (tertiary alicyclic amines) is 1. The molecule has 204 valence electrons. The number of carbonyl (C=O) groups excluding carboxylic acids is 3.